The van der Waals surface area contributed by atoms with Crippen molar-refractivity contribution in [1.82, 2.24) is 4.98 Å². The Bertz CT molecular complexity index is 260. The molecule has 0 spiro atoms. The summed E-state index contributed by atoms with van der Waals surface area (Å²) in [5, 5.41) is 0. The van der Waals surface area contributed by atoms with E-state index in [1.54, 1.807) is 12.1 Å². The Labute approximate surface area is 71.6 Å². The fourth-order valence-corrected chi connectivity index (χ4v) is 1.01. The highest BCUT2D eigenvalue weighted by Crippen LogP contribution is 2.19. The van der Waals surface area contributed by atoms with Crippen molar-refractivity contribution in [2.45, 2.75) is 19.9 Å². The second-order valence-electron chi connectivity index (χ2n) is 3.15. The Morgan fingerprint density at radius 2 is 2.17 bits per heavy atom. The van der Waals surface area contributed by atoms with Crippen molar-refractivity contribution in [3.05, 3.63) is 29.8 Å². The summed E-state index contributed by atoms with van der Waals surface area (Å²) in [4.78, 5) is 3.54. The van der Waals surface area contributed by atoms with E-state index in [1.165, 1.54) is 6.20 Å². The van der Waals surface area contributed by atoms with E-state index in [9.17, 15) is 4.39 Å². The van der Waals surface area contributed by atoms with Gasteiger partial charge in [-0.25, -0.2) is 4.98 Å². The lowest BCUT2D eigenvalue weighted by molar-refractivity contribution is 0.472. The van der Waals surface area contributed by atoms with E-state index in [2.05, 4.69) is 4.98 Å². The molecule has 0 radical (unpaired) electrons. The first-order valence-corrected chi connectivity index (χ1v) is 3.99. The summed E-state index contributed by atoms with van der Waals surface area (Å²) in [6.45, 7) is 3.91. The molecule has 1 atom stereocenters. The van der Waals surface area contributed by atoms with Crippen LogP contribution in [0.4, 0.5) is 4.39 Å². The summed E-state index contributed by atoms with van der Waals surface area (Å²) in [6.07, 6.45) is 1.42. The molecule has 0 aliphatic rings. The van der Waals surface area contributed by atoms with Gasteiger partial charge in [-0.15, -0.1) is 0 Å². The van der Waals surface area contributed by atoms with Gasteiger partial charge in [0.15, 0.2) is 0 Å². The third kappa shape index (κ3) is 1.80. The summed E-state index contributed by atoms with van der Waals surface area (Å²) >= 11 is 0. The zero-order valence-corrected chi connectivity index (χ0v) is 7.29. The van der Waals surface area contributed by atoms with Crippen LogP contribution >= 0.6 is 0 Å². The van der Waals surface area contributed by atoms with Crippen LogP contribution < -0.4 is 5.73 Å². The van der Waals surface area contributed by atoms with Crippen molar-refractivity contribution in [2.24, 2.45) is 11.7 Å². The molecule has 3 heteroatoms. The molecule has 66 valence electrons. The van der Waals surface area contributed by atoms with Crippen LogP contribution in [-0.4, -0.2) is 4.98 Å². The third-order valence-electron chi connectivity index (χ3n) is 1.87. The van der Waals surface area contributed by atoms with E-state index >= 15 is 0 Å². The monoisotopic (exact) mass is 168 g/mol. The van der Waals surface area contributed by atoms with Gasteiger partial charge in [0.05, 0.1) is 0 Å². The molecule has 0 amide bonds. The van der Waals surface area contributed by atoms with Crippen LogP contribution in [0.5, 0.6) is 0 Å². The Kier molecular flexibility index (Phi) is 2.76. The molecular weight excluding hydrogens is 155 g/mol. The predicted molar refractivity (Wildman–Crippen MR) is 46.0 cm³/mol. The van der Waals surface area contributed by atoms with Crippen LogP contribution in [0, 0.1) is 11.9 Å². The van der Waals surface area contributed by atoms with E-state index in [4.69, 9.17) is 5.73 Å². The topological polar surface area (TPSA) is 38.9 Å². The maximum Gasteiger partial charge on any atom is 0.217 e. The molecule has 1 aromatic heterocycles. The first-order valence-electron chi connectivity index (χ1n) is 3.99. The Balaban J connectivity index is 2.94. The molecule has 0 saturated heterocycles. The van der Waals surface area contributed by atoms with Crippen LogP contribution in [-0.2, 0) is 0 Å². The summed E-state index contributed by atoms with van der Waals surface area (Å²) in [6, 6.07) is 3.10. The molecule has 0 aromatic carbocycles. The highest BCUT2D eigenvalue weighted by atomic mass is 19.1. The molecule has 0 saturated carbocycles. The van der Waals surface area contributed by atoms with Gasteiger partial charge >= 0.3 is 0 Å². The molecule has 2 N–H and O–H groups in total. The normalized spacial score (nSPS) is 13.4. The number of nitrogens with two attached hydrogens (primary N) is 1. The number of nitrogens with zero attached hydrogens (tertiary/aromatic N) is 1. The van der Waals surface area contributed by atoms with Gasteiger partial charge < -0.3 is 5.73 Å². The minimum Gasteiger partial charge on any atom is -0.324 e. The fourth-order valence-electron chi connectivity index (χ4n) is 1.01. The average Bonchev–Trinajstić information content (AvgIpc) is 2.04. The maximum absolute atomic E-state index is 13.0. The Hall–Kier alpha value is -0.960. The average molecular weight is 168 g/mol. The molecule has 0 unspecified atom stereocenters. The van der Waals surface area contributed by atoms with Crippen LogP contribution in [0.2, 0.25) is 0 Å². The lowest BCUT2D eigenvalue weighted by Gasteiger charge is -2.15. The van der Waals surface area contributed by atoms with Crippen LogP contribution in [0.15, 0.2) is 18.3 Å². The number of hydrogen-bond donors (Lipinski definition) is 1. The van der Waals surface area contributed by atoms with Gasteiger partial charge in [-0.1, -0.05) is 19.9 Å². The molecule has 12 heavy (non-hydrogen) atoms. The molecule has 1 aromatic rings. The quantitative estimate of drug-likeness (QED) is 0.685. The fraction of sp³-hybridized carbons (Fsp3) is 0.444. The van der Waals surface area contributed by atoms with Gasteiger partial charge in [-0.2, -0.15) is 4.39 Å². The largest absolute Gasteiger partial charge is 0.324 e. The first-order chi connectivity index (χ1) is 5.63. The SMILES string of the molecule is CC(C)[C@@H](N)c1cccnc1F. The van der Waals surface area contributed by atoms with Crippen LogP contribution in [0.3, 0.4) is 0 Å². The van der Waals surface area contributed by atoms with E-state index in [0.717, 1.165) is 0 Å². The minimum absolute atomic E-state index is 0.226. The first kappa shape index (κ1) is 9.13. The second-order valence-corrected chi connectivity index (χ2v) is 3.15. The summed E-state index contributed by atoms with van der Waals surface area (Å²) in [5.41, 5.74) is 6.25. The zero-order valence-electron chi connectivity index (χ0n) is 7.29. The van der Waals surface area contributed by atoms with E-state index in [1.807, 2.05) is 13.8 Å². The van der Waals surface area contributed by atoms with E-state index in [-0.39, 0.29) is 12.0 Å². The summed E-state index contributed by atoms with van der Waals surface area (Å²) in [5.74, 6) is -0.234. The Morgan fingerprint density at radius 1 is 1.50 bits per heavy atom. The van der Waals surface area contributed by atoms with Gasteiger partial charge in [0.25, 0.3) is 0 Å². The standard InChI is InChI=1S/C9H13FN2/c1-6(2)8(11)7-4-3-5-12-9(7)10/h3-6,8H,11H2,1-2H3/t8-/m1/s1. The van der Waals surface area contributed by atoms with E-state index < -0.39 is 5.95 Å². The summed E-state index contributed by atoms with van der Waals surface area (Å²) in [7, 11) is 0. The van der Waals surface area contributed by atoms with Gasteiger partial charge in [-0.3, -0.25) is 0 Å². The highest BCUT2D eigenvalue weighted by molar-refractivity contribution is 5.15. The third-order valence-corrected chi connectivity index (χ3v) is 1.87. The second kappa shape index (κ2) is 3.63. The van der Waals surface area contributed by atoms with Crippen LogP contribution in [0.25, 0.3) is 0 Å². The molecular formula is C9H13FN2. The molecule has 1 heterocycles. The van der Waals surface area contributed by atoms with Gasteiger partial charge in [0.1, 0.15) is 0 Å². The maximum atomic E-state index is 13.0. The summed E-state index contributed by atoms with van der Waals surface area (Å²) < 4.78 is 13.0. The van der Waals surface area contributed by atoms with Crippen molar-refractivity contribution in [3.8, 4) is 0 Å². The van der Waals surface area contributed by atoms with Crippen molar-refractivity contribution >= 4 is 0 Å². The van der Waals surface area contributed by atoms with Gasteiger partial charge in [-0.05, 0) is 12.0 Å². The lowest BCUT2D eigenvalue weighted by atomic mass is 9.98. The van der Waals surface area contributed by atoms with Crippen molar-refractivity contribution in [3.63, 3.8) is 0 Å². The van der Waals surface area contributed by atoms with Gasteiger partial charge in [0.2, 0.25) is 5.95 Å². The highest BCUT2D eigenvalue weighted by Gasteiger charge is 2.14. The Morgan fingerprint density at radius 3 is 2.67 bits per heavy atom. The molecule has 0 aliphatic heterocycles. The molecule has 2 nitrogen and oxygen atoms in total. The molecule has 1 rings (SSSR count). The number of rotatable bonds is 2. The van der Waals surface area contributed by atoms with Crippen molar-refractivity contribution < 1.29 is 4.39 Å². The molecule has 0 bridgehead atoms. The number of pyridine rings is 1. The minimum atomic E-state index is -0.460. The number of halogens is 1. The van der Waals surface area contributed by atoms with Gasteiger partial charge in [0, 0.05) is 17.8 Å². The number of aromatic nitrogens is 1. The predicted octanol–water partition coefficient (Wildman–Crippen LogP) is 1.88. The van der Waals surface area contributed by atoms with Crippen molar-refractivity contribution in [1.29, 1.82) is 0 Å². The zero-order chi connectivity index (χ0) is 9.14. The van der Waals surface area contributed by atoms with E-state index in [0.29, 0.717) is 5.56 Å². The smallest absolute Gasteiger partial charge is 0.217 e. The van der Waals surface area contributed by atoms with Crippen molar-refractivity contribution in [2.75, 3.05) is 0 Å². The lowest BCUT2D eigenvalue weighted by Crippen LogP contribution is -2.18. The van der Waals surface area contributed by atoms with Crippen LogP contribution in [0.1, 0.15) is 25.5 Å². The molecule has 0 fully saturated rings. The number of hydrogen-bond acceptors (Lipinski definition) is 2. The molecule has 0 aliphatic carbocycles.